The fraction of sp³-hybridized carbons (Fsp3) is 0.619. The van der Waals surface area contributed by atoms with Gasteiger partial charge in [-0.3, -0.25) is 4.79 Å². The molecule has 2 aromatic rings. The molecule has 1 amide bonds. The van der Waals surface area contributed by atoms with E-state index in [1.54, 1.807) is 11.8 Å². The van der Waals surface area contributed by atoms with E-state index in [1.807, 2.05) is 18.2 Å². The minimum absolute atomic E-state index is 0.274. The van der Waals surface area contributed by atoms with Gasteiger partial charge >= 0.3 is 0 Å². The summed E-state index contributed by atoms with van der Waals surface area (Å²) in [5.41, 5.74) is 2.80. The minimum Gasteiger partial charge on any atom is -0.338 e. The van der Waals surface area contributed by atoms with Crippen molar-refractivity contribution in [3.05, 3.63) is 24.3 Å². The molecule has 4 rings (SSSR count). The molecule has 0 spiro atoms. The van der Waals surface area contributed by atoms with E-state index >= 15 is 0 Å². The largest absolute Gasteiger partial charge is 0.338 e. The summed E-state index contributed by atoms with van der Waals surface area (Å²) >= 11 is 1.59. The number of nitrogens with zero attached hydrogens (tertiary/aromatic N) is 3. The van der Waals surface area contributed by atoms with Crippen LogP contribution in [0.1, 0.15) is 47.0 Å². The van der Waals surface area contributed by atoms with Crippen LogP contribution in [-0.2, 0) is 11.3 Å². The molecule has 2 bridgehead atoms. The van der Waals surface area contributed by atoms with Crippen LogP contribution in [0.2, 0.25) is 0 Å². The first kappa shape index (κ1) is 17.9. The quantitative estimate of drug-likeness (QED) is 0.739. The van der Waals surface area contributed by atoms with Crippen LogP contribution in [0.5, 0.6) is 0 Å². The third-order valence-electron chi connectivity index (χ3n) is 6.00. The molecule has 1 aliphatic heterocycles. The van der Waals surface area contributed by atoms with Gasteiger partial charge in [-0.05, 0) is 49.1 Å². The summed E-state index contributed by atoms with van der Waals surface area (Å²) in [4.78, 5) is 19.9. The van der Waals surface area contributed by atoms with Gasteiger partial charge in [0.05, 0.1) is 16.8 Å². The number of likely N-dealkylation sites (tertiary alicyclic amines) is 1. The fourth-order valence-electron chi connectivity index (χ4n) is 5.43. The molecule has 2 heterocycles. The molecule has 2 fully saturated rings. The number of rotatable bonds is 4. The second-order valence-electron chi connectivity index (χ2n) is 9.15. The number of amides is 1. The van der Waals surface area contributed by atoms with Gasteiger partial charge in [0.1, 0.15) is 0 Å². The Morgan fingerprint density at radius 3 is 2.81 bits per heavy atom. The van der Waals surface area contributed by atoms with E-state index in [1.165, 1.54) is 12.8 Å². The van der Waals surface area contributed by atoms with Gasteiger partial charge in [0.2, 0.25) is 5.91 Å². The smallest absolute Gasteiger partial charge is 0.233 e. The van der Waals surface area contributed by atoms with Crippen LogP contribution < -0.4 is 0 Å². The number of benzene rings is 1. The summed E-state index contributed by atoms with van der Waals surface area (Å²) in [6.07, 6.45) is 3.52. The molecule has 1 saturated heterocycles. The molecule has 4 nitrogen and oxygen atoms in total. The third kappa shape index (κ3) is 3.15. The summed E-state index contributed by atoms with van der Waals surface area (Å²) in [6, 6.07) is 8.62. The monoisotopic (exact) mass is 371 g/mol. The first-order chi connectivity index (χ1) is 12.3. The molecule has 2 atom stereocenters. The summed E-state index contributed by atoms with van der Waals surface area (Å²) < 4.78 is 2.21. The molecule has 1 aromatic carbocycles. The first-order valence-corrected chi connectivity index (χ1v) is 10.7. The van der Waals surface area contributed by atoms with Crippen LogP contribution in [0, 0.1) is 10.8 Å². The number of fused-ring (bicyclic) bond motifs is 3. The molecule has 1 aliphatic carbocycles. The SMILES string of the molecule is CCn1c(SCC(=O)N2C[C@]3(C)C[C@H]2CC(C)(C)C3)nc2ccccc21. The van der Waals surface area contributed by atoms with Crippen LogP contribution in [0.25, 0.3) is 11.0 Å². The maximum absolute atomic E-state index is 13.0. The second-order valence-corrected chi connectivity index (χ2v) is 10.1. The van der Waals surface area contributed by atoms with Gasteiger partial charge in [-0.25, -0.2) is 4.98 Å². The van der Waals surface area contributed by atoms with Crippen LogP contribution in [0.15, 0.2) is 29.4 Å². The highest BCUT2D eigenvalue weighted by Crippen LogP contribution is 2.52. The van der Waals surface area contributed by atoms with Crippen LogP contribution in [0.4, 0.5) is 0 Å². The third-order valence-corrected chi connectivity index (χ3v) is 6.96. The van der Waals surface area contributed by atoms with E-state index in [2.05, 4.69) is 43.2 Å². The molecule has 0 N–H and O–H groups in total. The van der Waals surface area contributed by atoms with E-state index < -0.39 is 0 Å². The maximum Gasteiger partial charge on any atom is 0.233 e. The van der Waals surface area contributed by atoms with Crippen molar-refractivity contribution in [2.75, 3.05) is 12.3 Å². The number of carbonyl (C=O) groups is 1. The van der Waals surface area contributed by atoms with Gasteiger partial charge in [-0.15, -0.1) is 0 Å². The Morgan fingerprint density at radius 2 is 2.04 bits per heavy atom. The van der Waals surface area contributed by atoms with E-state index in [4.69, 9.17) is 4.98 Å². The van der Waals surface area contributed by atoms with Crippen molar-refractivity contribution in [1.29, 1.82) is 0 Å². The predicted molar refractivity (Wildman–Crippen MR) is 107 cm³/mol. The number of aromatic nitrogens is 2. The van der Waals surface area contributed by atoms with Crippen molar-refractivity contribution in [2.45, 2.75) is 64.7 Å². The van der Waals surface area contributed by atoms with Crippen LogP contribution in [-0.4, -0.2) is 38.7 Å². The molecule has 0 unspecified atom stereocenters. The average molecular weight is 372 g/mol. The van der Waals surface area contributed by atoms with Gasteiger partial charge in [-0.1, -0.05) is 44.7 Å². The highest BCUT2D eigenvalue weighted by atomic mass is 32.2. The Labute approximate surface area is 160 Å². The standard InChI is InChI=1S/C21H29N3OS/c1-5-23-17-9-7-6-8-16(17)22-19(23)26-12-18(25)24-14-21(4)11-15(24)10-20(2,3)13-21/h6-9,15H,5,10-14H2,1-4H3/t15-,21-/m1/s1. The molecule has 1 aromatic heterocycles. The Hall–Kier alpha value is -1.49. The number of para-hydroxylation sites is 2. The summed E-state index contributed by atoms with van der Waals surface area (Å²) in [5, 5.41) is 0.954. The van der Waals surface area contributed by atoms with Crippen molar-refractivity contribution in [3.8, 4) is 0 Å². The second kappa shape index (κ2) is 6.29. The van der Waals surface area contributed by atoms with Crippen molar-refractivity contribution in [2.24, 2.45) is 10.8 Å². The number of aryl methyl sites for hydroxylation is 1. The van der Waals surface area contributed by atoms with Crippen molar-refractivity contribution >= 4 is 28.7 Å². The van der Waals surface area contributed by atoms with E-state index in [0.29, 0.717) is 22.6 Å². The lowest BCUT2D eigenvalue weighted by molar-refractivity contribution is -0.129. The lowest BCUT2D eigenvalue weighted by Crippen LogP contribution is -2.38. The van der Waals surface area contributed by atoms with Gasteiger partial charge in [0, 0.05) is 19.1 Å². The van der Waals surface area contributed by atoms with E-state index in [0.717, 1.165) is 35.7 Å². The fourth-order valence-corrected chi connectivity index (χ4v) is 6.39. The van der Waals surface area contributed by atoms with E-state index in [-0.39, 0.29) is 5.91 Å². The number of thioether (sulfide) groups is 1. The molecule has 26 heavy (non-hydrogen) atoms. The molecule has 0 radical (unpaired) electrons. The zero-order valence-corrected chi connectivity index (χ0v) is 17.1. The zero-order valence-electron chi connectivity index (χ0n) is 16.3. The Kier molecular flexibility index (Phi) is 4.33. The lowest BCUT2D eigenvalue weighted by atomic mass is 9.65. The highest BCUT2D eigenvalue weighted by molar-refractivity contribution is 7.99. The number of imidazole rings is 1. The number of hydrogen-bond acceptors (Lipinski definition) is 3. The van der Waals surface area contributed by atoms with Gasteiger partial charge < -0.3 is 9.47 Å². The summed E-state index contributed by atoms with van der Waals surface area (Å²) in [6.45, 7) is 11.0. The number of hydrogen-bond donors (Lipinski definition) is 0. The molecular formula is C21H29N3OS. The normalized spacial score (nSPS) is 27.2. The number of carbonyl (C=O) groups excluding carboxylic acids is 1. The Morgan fingerprint density at radius 1 is 1.27 bits per heavy atom. The zero-order chi connectivity index (χ0) is 18.5. The topological polar surface area (TPSA) is 38.1 Å². The van der Waals surface area contributed by atoms with Gasteiger partial charge in [0.15, 0.2) is 5.16 Å². The van der Waals surface area contributed by atoms with E-state index in [9.17, 15) is 4.79 Å². The Bertz CT molecular complexity index is 843. The molecule has 140 valence electrons. The highest BCUT2D eigenvalue weighted by Gasteiger charge is 2.50. The molecular weight excluding hydrogens is 342 g/mol. The lowest BCUT2D eigenvalue weighted by Gasteiger charge is -2.39. The van der Waals surface area contributed by atoms with Crippen molar-refractivity contribution < 1.29 is 4.79 Å². The summed E-state index contributed by atoms with van der Waals surface area (Å²) in [7, 11) is 0. The first-order valence-electron chi connectivity index (χ1n) is 9.68. The predicted octanol–water partition coefficient (Wildman–Crippen LogP) is 4.58. The molecule has 1 saturated carbocycles. The molecule has 2 aliphatic rings. The Balaban J connectivity index is 1.48. The maximum atomic E-state index is 13.0. The minimum atomic E-state index is 0.274. The van der Waals surface area contributed by atoms with Crippen molar-refractivity contribution in [1.82, 2.24) is 14.5 Å². The average Bonchev–Trinajstić information content (AvgIpc) is 3.05. The molecule has 5 heteroatoms. The summed E-state index contributed by atoms with van der Waals surface area (Å²) in [5.74, 6) is 0.757. The van der Waals surface area contributed by atoms with Crippen LogP contribution >= 0.6 is 11.8 Å². The van der Waals surface area contributed by atoms with Gasteiger partial charge in [-0.2, -0.15) is 0 Å². The van der Waals surface area contributed by atoms with Gasteiger partial charge in [0.25, 0.3) is 0 Å². The van der Waals surface area contributed by atoms with Crippen LogP contribution in [0.3, 0.4) is 0 Å². The van der Waals surface area contributed by atoms with Crippen molar-refractivity contribution in [3.63, 3.8) is 0 Å².